The third-order valence-electron chi connectivity index (χ3n) is 5.80. The first-order valence-corrected chi connectivity index (χ1v) is 11.6. The second-order valence-electron chi connectivity index (χ2n) is 8.19. The minimum Gasteiger partial charge on any atom is -0.481 e. The third-order valence-corrected chi connectivity index (χ3v) is 5.99. The molecule has 1 unspecified atom stereocenters. The Bertz CT molecular complexity index is 1180. The van der Waals surface area contributed by atoms with E-state index >= 15 is 0 Å². The van der Waals surface area contributed by atoms with E-state index < -0.39 is 30.4 Å². The van der Waals surface area contributed by atoms with Gasteiger partial charge in [0.15, 0.2) is 0 Å². The highest BCUT2D eigenvalue weighted by atomic mass is 35.5. The summed E-state index contributed by atoms with van der Waals surface area (Å²) in [5, 5.41) is 18.8. The predicted molar refractivity (Wildman–Crippen MR) is 129 cm³/mol. The number of alkyl carbamates (subject to hydrolysis) is 1. The van der Waals surface area contributed by atoms with Gasteiger partial charge in [0.05, 0.1) is 17.6 Å². The van der Waals surface area contributed by atoms with Crippen molar-refractivity contribution < 1.29 is 24.2 Å². The number of aliphatic carboxylic acids is 1. The van der Waals surface area contributed by atoms with Gasteiger partial charge in [-0.15, -0.1) is 0 Å². The molecule has 0 saturated heterocycles. The van der Waals surface area contributed by atoms with Gasteiger partial charge >= 0.3 is 12.1 Å². The molecule has 1 aliphatic rings. The first kappa shape index (κ1) is 24.3. The van der Waals surface area contributed by atoms with Crippen molar-refractivity contribution in [3.05, 3.63) is 77.1 Å². The van der Waals surface area contributed by atoms with Crippen molar-refractivity contribution in [3.8, 4) is 11.1 Å². The molecule has 1 heterocycles. The smallest absolute Gasteiger partial charge is 0.407 e. The van der Waals surface area contributed by atoms with Gasteiger partial charge in [-0.3, -0.25) is 14.3 Å². The topological polar surface area (TPSA) is 123 Å². The van der Waals surface area contributed by atoms with Crippen LogP contribution in [0.25, 0.3) is 11.1 Å². The molecule has 0 aliphatic heterocycles. The Kier molecular flexibility index (Phi) is 7.67. The van der Waals surface area contributed by atoms with Crippen LogP contribution < -0.4 is 10.6 Å². The largest absolute Gasteiger partial charge is 0.481 e. The number of carbonyl (C=O) groups excluding carboxylic acids is 2. The molecule has 2 aromatic carbocycles. The van der Waals surface area contributed by atoms with Crippen LogP contribution in [0, 0.1) is 0 Å². The summed E-state index contributed by atoms with van der Waals surface area (Å²) in [6, 6.07) is 14.6. The highest BCUT2D eigenvalue weighted by Crippen LogP contribution is 2.44. The minimum atomic E-state index is -1.26. The fraction of sp³-hybridized carbons (Fsp3) is 0.280. The molecule has 0 bridgehead atoms. The van der Waals surface area contributed by atoms with Crippen LogP contribution in [-0.2, 0) is 20.9 Å². The Labute approximate surface area is 207 Å². The standard InChI is InChI=1S/C25H25ClN4O5/c26-16-13-28-30(14-16)11-5-10-27-24(33)22(12-23(31)32)29-25(34)35-15-21-19-8-3-1-6-17(19)18-7-2-4-9-20(18)21/h1-4,6-9,13-14,21-22H,5,10-12,15H2,(H,27,33)(H,29,34)(H,31,32). The monoisotopic (exact) mass is 496 g/mol. The number of ether oxygens (including phenoxy) is 1. The molecule has 3 aromatic rings. The zero-order valence-electron chi connectivity index (χ0n) is 18.8. The number of hydrogen-bond acceptors (Lipinski definition) is 5. The van der Waals surface area contributed by atoms with E-state index in [0.717, 1.165) is 22.3 Å². The molecular formula is C25H25ClN4O5. The van der Waals surface area contributed by atoms with Gasteiger partial charge in [-0.25, -0.2) is 4.79 Å². The number of carbonyl (C=O) groups is 3. The maximum Gasteiger partial charge on any atom is 0.407 e. The molecule has 35 heavy (non-hydrogen) atoms. The van der Waals surface area contributed by atoms with Crippen LogP contribution in [0.1, 0.15) is 29.9 Å². The molecule has 10 heteroatoms. The lowest BCUT2D eigenvalue weighted by atomic mass is 9.98. The summed E-state index contributed by atoms with van der Waals surface area (Å²) < 4.78 is 7.08. The second-order valence-corrected chi connectivity index (χ2v) is 8.62. The van der Waals surface area contributed by atoms with Crippen molar-refractivity contribution in [2.75, 3.05) is 13.2 Å². The summed E-state index contributed by atoms with van der Waals surface area (Å²) in [6.45, 7) is 0.864. The van der Waals surface area contributed by atoms with E-state index in [1.165, 1.54) is 6.20 Å². The average Bonchev–Trinajstić information content (AvgIpc) is 3.40. The molecule has 0 spiro atoms. The van der Waals surface area contributed by atoms with Crippen LogP contribution in [0.15, 0.2) is 60.9 Å². The molecule has 4 rings (SSSR count). The van der Waals surface area contributed by atoms with Crippen molar-refractivity contribution in [2.45, 2.75) is 31.3 Å². The lowest BCUT2D eigenvalue weighted by Crippen LogP contribution is -2.48. The van der Waals surface area contributed by atoms with Crippen molar-refractivity contribution in [3.63, 3.8) is 0 Å². The SMILES string of the molecule is O=C(O)CC(NC(=O)OCC1c2ccccc2-c2ccccc21)C(=O)NCCCn1cc(Cl)cn1. The van der Waals surface area contributed by atoms with Crippen molar-refractivity contribution in [1.82, 2.24) is 20.4 Å². The molecule has 1 aliphatic carbocycles. The summed E-state index contributed by atoms with van der Waals surface area (Å²) in [6.07, 6.45) is 2.31. The Morgan fingerprint density at radius 2 is 1.74 bits per heavy atom. The summed E-state index contributed by atoms with van der Waals surface area (Å²) in [7, 11) is 0. The zero-order chi connectivity index (χ0) is 24.8. The molecule has 1 aromatic heterocycles. The number of rotatable bonds is 10. The first-order valence-electron chi connectivity index (χ1n) is 11.2. The molecule has 9 nitrogen and oxygen atoms in total. The molecule has 0 radical (unpaired) electrons. The van der Waals surface area contributed by atoms with Gasteiger partial charge in [-0.1, -0.05) is 60.1 Å². The van der Waals surface area contributed by atoms with Crippen molar-refractivity contribution in [2.24, 2.45) is 0 Å². The molecule has 3 N–H and O–H groups in total. The lowest BCUT2D eigenvalue weighted by molar-refractivity contribution is -0.139. The fourth-order valence-electron chi connectivity index (χ4n) is 4.20. The normalized spacial score (nSPS) is 12.9. The van der Waals surface area contributed by atoms with E-state index in [-0.39, 0.29) is 19.1 Å². The number of nitrogens with one attached hydrogen (secondary N) is 2. The van der Waals surface area contributed by atoms with Gasteiger partial charge in [-0.2, -0.15) is 5.10 Å². The Morgan fingerprint density at radius 1 is 1.09 bits per heavy atom. The second kappa shape index (κ2) is 11.1. The maximum atomic E-state index is 12.5. The van der Waals surface area contributed by atoms with Crippen LogP contribution >= 0.6 is 11.6 Å². The molecule has 1 atom stereocenters. The number of carboxylic acid groups (broad SMARTS) is 1. The minimum absolute atomic E-state index is 0.0632. The van der Waals surface area contributed by atoms with E-state index in [1.54, 1.807) is 10.9 Å². The molecule has 0 fully saturated rings. The number of hydrogen-bond donors (Lipinski definition) is 3. The number of benzene rings is 2. The van der Waals surface area contributed by atoms with Crippen molar-refractivity contribution in [1.29, 1.82) is 0 Å². The molecule has 2 amide bonds. The number of fused-ring (bicyclic) bond motifs is 3. The average molecular weight is 497 g/mol. The van der Waals surface area contributed by atoms with E-state index in [4.69, 9.17) is 16.3 Å². The maximum absolute atomic E-state index is 12.5. The van der Waals surface area contributed by atoms with Crippen LogP contribution in [-0.4, -0.2) is 52.1 Å². The van der Waals surface area contributed by atoms with Crippen LogP contribution in [0.2, 0.25) is 5.02 Å². The fourth-order valence-corrected chi connectivity index (χ4v) is 4.36. The van der Waals surface area contributed by atoms with Gasteiger partial charge in [-0.05, 0) is 28.7 Å². The summed E-state index contributed by atoms with van der Waals surface area (Å²) in [4.78, 5) is 36.3. The number of halogens is 1. The van der Waals surface area contributed by atoms with Gasteiger partial charge in [0.25, 0.3) is 0 Å². The Morgan fingerprint density at radius 3 is 2.34 bits per heavy atom. The van der Waals surface area contributed by atoms with Crippen LogP contribution in [0.4, 0.5) is 4.79 Å². The lowest BCUT2D eigenvalue weighted by Gasteiger charge is -2.18. The number of aryl methyl sites for hydroxylation is 1. The van der Waals surface area contributed by atoms with E-state index in [1.807, 2.05) is 48.5 Å². The zero-order valence-corrected chi connectivity index (χ0v) is 19.6. The van der Waals surface area contributed by atoms with Crippen LogP contribution in [0.3, 0.4) is 0 Å². The Hall–Kier alpha value is -3.85. The number of amides is 2. The molecule has 182 valence electrons. The van der Waals surface area contributed by atoms with Crippen molar-refractivity contribution >= 4 is 29.6 Å². The van der Waals surface area contributed by atoms with E-state index in [2.05, 4.69) is 15.7 Å². The summed E-state index contributed by atoms with van der Waals surface area (Å²) in [5.41, 5.74) is 4.30. The van der Waals surface area contributed by atoms with Gasteiger partial charge in [0.2, 0.25) is 5.91 Å². The van der Waals surface area contributed by atoms with E-state index in [9.17, 15) is 19.5 Å². The van der Waals surface area contributed by atoms with Gasteiger partial charge in [0, 0.05) is 25.2 Å². The van der Waals surface area contributed by atoms with Crippen LogP contribution in [0.5, 0.6) is 0 Å². The van der Waals surface area contributed by atoms with Gasteiger partial charge < -0.3 is 20.5 Å². The summed E-state index contributed by atoms with van der Waals surface area (Å²) >= 11 is 5.82. The van der Waals surface area contributed by atoms with Gasteiger partial charge in [0.1, 0.15) is 12.6 Å². The third kappa shape index (κ3) is 5.99. The number of aromatic nitrogens is 2. The quantitative estimate of drug-likeness (QED) is 0.370. The van der Waals surface area contributed by atoms with E-state index in [0.29, 0.717) is 18.0 Å². The molecule has 0 saturated carbocycles. The predicted octanol–water partition coefficient (Wildman–Crippen LogP) is 3.42. The molecular weight excluding hydrogens is 472 g/mol. The summed E-state index contributed by atoms with van der Waals surface area (Å²) in [5.74, 6) is -1.95. The number of nitrogens with zero attached hydrogens (tertiary/aromatic N) is 2. The first-order chi connectivity index (χ1) is 16.9. The highest BCUT2D eigenvalue weighted by Gasteiger charge is 2.30. The number of carboxylic acids is 1. The highest BCUT2D eigenvalue weighted by molar-refractivity contribution is 6.30. The Balaban J connectivity index is 1.31.